The summed E-state index contributed by atoms with van der Waals surface area (Å²) in [7, 11) is 1.61. The Morgan fingerprint density at radius 1 is 1.03 bits per heavy atom. The topological polar surface area (TPSA) is 70.7 Å². The molecule has 2 N–H and O–H groups in total. The molecular formula is C23H29N3O3. The van der Waals surface area contributed by atoms with Gasteiger partial charge in [-0.05, 0) is 30.5 Å². The Balaban J connectivity index is 1.53. The SMILES string of the molecule is COCCNC(=O)c1ccccc1N1CCC(NC(=O)Cc2ccccc2)CC1. The molecule has 0 radical (unpaired) electrons. The lowest BCUT2D eigenvalue weighted by molar-refractivity contribution is -0.121. The lowest BCUT2D eigenvalue weighted by atomic mass is 10.0. The minimum Gasteiger partial charge on any atom is -0.383 e. The predicted octanol–water partition coefficient (Wildman–Crippen LogP) is 2.39. The van der Waals surface area contributed by atoms with E-state index in [0.29, 0.717) is 25.1 Å². The number of methoxy groups -OCH3 is 1. The molecule has 1 aliphatic rings. The van der Waals surface area contributed by atoms with Crippen molar-refractivity contribution in [1.82, 2.24) is 10.6 Å². The summed E-state index contributed by atoms with van der Waals surface area (Å²) in [5.74, 6) is -0.0245. The van der Waals surface area contributed by atoms with Crippen molar-refractivity contribution in [3.05, 3.63) is 65.7 Å². The van der Waals surface area contributed by atoms with Gasteiger partial charge in [0, 0.05) is 38.5 Å². The smallest absolute Gasteiger partial charge is 0.253 e. The number of para-hydroxylation sites is 1. The van der Waals surface area contributed by atoms with E-state index in [4.69, 9.17) is 4.74 Å². The Labute approximate surface area is 172 Å². The number of nitrogens with zero attached hydrogens (tertiary/aromatic N) is 1. The van der Waals surface area contributed by atoms with Crippen LogP contribution in [-0.4, -0.2) is 51.2 Å². The van der Waals surface area contributed by atoms with E-state index < -0.39 is 0 Å². The van der Waals surface area contributed by atoms with E-state index in [1.165, 1.54) is 0 Å². The molecule has 2 amide bonds. The second-order valence-corrected chi connectivity index (χ2v) is 7.26. The van der Waals surface area contributed by atoms with Gasteiger partial charge in [0.05, 0.1) is 18.6 Å². The maximum Gasteiger partial charge on any atom is 0.253 e. The van der Waals surface area contributed by atoms with Crippen LogP contribution < -0.4 is 15.5 Å². The molecule has 29 heavy (non-hydrogen) atoms. The summed E-state index contributed by atoms with van der Waals surface area (Å²) >= 11 is 0. The first-order valence-corrected chi connectivity index (χ1v) is 10.1. The number of anilines is 1. The number of amides is 2. The van der Waals surface area contributed by atoms with Gasteiger partial charge in [0.25, 0.3) is 5.91 Å². The molecule has 2 aromatic carbocycles. The summed E-state index contributed by atoms with van der Waals surface area (Å²) < 4.78 is 5.00. The van der Waals surface area contributed by atoms with Crippen LogP contribution >= 0.6 is 0 Å². The van der Waals surface area contributed by atoms with Gasteiger partial charge in [-0.25, -0.2) is 0 Å². The molecular weight excluding hydrogens is 366 g/mol. The Hall–Kier alpha value is -2.86. The Kier molecular flexibility index (Phi) is 7.64. The molecule has 0 aromatic heterocycles. The van der Waals surface area contributed by atoms with Crippen LogP contribution in [0.2, 0.25) is 0 Å². The summed E-state index contributed by atoms with van der Waals surface area (Å²) in [4.78, 5) is 27.1. The van der Waals surface area contributed by atoms with E-state index in [1.807, 2.05) is 54.6 Å². The van der Waals surface area contributed by atoms with Gasteiger partial charge in [-0.1, -0.05) is 42.5 Å². The van der Waals surface area contributed by atoms with Crippen molar-refractivity contribution in [1.29, 1.82) is 0 Å². The number of nitrogens with one attached hydrogen (secondary N) is 2. The number of hydrogen-bond donors (Lipinski definition) is 2. The van der Waals surface area contributed by atoms with Gasteiger partial charge in [0.2, 0.25) is 5.91 Å². The Morgan fingerprint density at radius 3 is 2.45 bits per heavy atom. The van der Waals surface area contributed by atoms with E-state index in [1.54, 1.807) is 7.11 Å². The van der Waals surface area contributed by atoms with Gasteiger partial charge >= 0.3 is 0 Å². The number of piperidine rings is 1. The third-order valence-corrected chi connectivity index (χ3v) is 5.15. The monoisotopic (exact) mass is 395 g/mol. The van der Waals surface area contributed by atoms with Crippen LogP contribution in [0.25, 0.3) is 0 Å². The van der Waals surface area contributed by atoms with Crippen molar-refractivity contribution in [2.45, 2.75) is 25.3 Å². The fraction of sp³-hybridized carbons (Fsp3) is 0.391. The molecule has 0 saturated carbocycles. The lowest BCUT2D eigenvalue weighted by Gasteiger charge is -2.35. The summed E-state index contributed by atoms with van der Waals surface area (Å²) in [6.07, 6.45) is 2.13. The molecule has 2 aromatic rings. The molecule has 0 aliphatic carbocycles. The molecule has 1 heterocycles. The fourth-order valence-corrected chi connectivity index (χ4v) is 3.63. The van der Waals surface area contributed by atoms with E-state index in [2.05, 4.69) is 15.5 Å². The number of rotatable bonds is 8. The first-order chi connectivity index (χ1) is 14.2. The van der Waals surface area contributed by atoms with Crippen LogP contribution in [0.5, 0.6) is 0 Å². The van der Waals surface area contributed by atoms with Crippen molar-refractivity contribution in [2.24, 2.45) is 0 Å². The highest BCUT2D eigenvalue weighted by molar-refractivity contribution is 5.99. The predicted molar refractivity (Wildman–Crippen MR) is 114 cm³/mol. The Morgan fingerprint density at radius 2 is 1.72 bits per heavy atom. The molecule has 6 nitrogen and oxygen atoms in total. The van der Waals surface area contributed by atoms with Crippen LogP contribution in [0.1, 0.15) is 28.8 Å². The summed E-state index contributed by atoms with van der Waals surface area (Å²) in [5.41, 5.74) is 2.64. The molecule has 6 heteroatoms. The molecule has 1 saturated heterocycles. The zero-order chi connectivity index (χ0) is 20.5. The normalized spacial score (nSPS) is 14.4. The largest absolute Gasteiger partial charge is 0.383 e. The highest BCUT2D eigenvalue weighted by atomic mass is 16.5. The zero-order valence-corrected chi connectivity index (χ0v) is 16.9. The number of carbonyl (C=O) groups excluding carboxylic acids is 2. The number of hydrogen-bond acceptors (Lipinski definition) is 4. The minimum absolute atomic E-state index is 0.0626. The average Bonchev–Trinajstić information content (AvgIpc) is 2.75. The van der Waals surface area contributed by atoms with Gasteiger partial charge in [-0.3, -0.25) is 9.59 Å². The quantitative estimate of drug-likeness (QED) is 0.674. The summed E-state index contributed by atoms with van der Waals surface area (Å²) in [6, 6.07) is 17.6. The van der Waals surface area contributed by atoms with E-state index in [9.17, 15) is 9.59 Å². The second kappa shape index (κ2) is 10.6. The van der Waals surface area contributed by atoms with Crippen molar-refractivity contribution in [2.75, 3.05) is 38.3 Å². The molecule has 0 unspecified atom stereocenters. The van der Waals surface area contributed by atoms with Gasteiger partial charge in [0.15, 0.2) is 0 Å². The number of carbonyl (C=O) groups is 2. The van der Waals surface area contributed by atoms with E-state index >= 15 is 0 Å². The van der Waals surface area contributed by atoms with Crippen molar-refractivity contribution in [3.8, 4) is 0 Å². The first kappa shape index (κ1) is 20.9. The van der Waals surface area contributed by atoms with Crippen LogP contribution in [0, 0.1) is 0 Å². The van der Waals surface area contributed by atoms with Gasteiger partial charge in [0.1, 0.15) is 0 Å². The maximum absolute atomic E-state index is 12.5. The number of ether oxygens (including phenoxy) is 1. The Bertz CT molecular complexity index is 802. The maximum atomic E-state index is 12.5. The van der Waals surface area contributed by atoms with Gasteiger partial charge in [-0.15, -0.1) is 0 Å². The van der Waals surface area contributed by atoms with Gasteiger partial charge in [-0.2, -0.15) is 0 Å². The molecule has 1 fully saturated rings. The summed E-state index contributed by atoms with van der Waals surface area (Å²) in [6.45, 7) is 2.58. The van der Waals surface area contributed by atoms with Crippen molar-refractivity contribution < 1.29 is 14.3 Å². The standard InChI is InChI=1S/C23H29N3O3/c1-29-16-13-24-23(28)20-9-5-6-10-21(20)26-14-11-19(12-15-26)25-22(27)17-18-7-3-2-4-8-18/h2-10,19H,11-17H2,1H3,(H,24,28)(H,25,27). The fourth-order valence-electron chi connectivity index (χ4n) is 3.63. The molecule has 0 bridgehead atoms. The third kappa shape index (κ3) is 6.06. The first-order valence-electron chi connectivity index (χ1n) is 10.1. The minimum atomic E-state index is -0.0871. The second-order valence-electron chi connectivity index (χ2n) is 7.26. The van der Waals surface area contributed by atoms with Crippen LogP contribution in [-0.2, 0) is 16.0 Å². The van der Waals surface area contributed by atoms with Crippen LogP contribution in [0.4, 0.5) is 5.69 Å². The molecule has 3 rings (SSSR count). The zero-order valence-electron chi connectivity index (χ0n) is 16.9. The highest BCUT2D eigenvalue weighted by Gasteiger charge is 2.23. The number of benzene rings is 2. The van der Waals surface area contributed by atoms with Crippen molar-refractivity contribution in [3.63, 3.8) is 0 Å². The van der Waals surface area contributed by atoms with E-state index in [0.717, 1.165) is 37.2 Å². The molecule has 1 aliphatic heterocycles. The highest BCUT2D eigenvalue weighted by Crippen LogP contribution is 2.24. The lowest BCUT2D eigenvalue weighted by Crippen LogP contribution is -2.45. The van der Waals surface area contributed by atoms with Crippen LogP contribution in [0.15, 0.2) is 54.6 Å². The average molecular weight is 396 g/mol. The van der Waals surface area contributed by atoms with Crippen LogP contribution in [0.3, 0.4) is 0 Å². The molecule has 154 valence electrons. The molecule has 0 atom stereocenters. The van der Waals surface area contributed by atoms with Gasteiger partial charge < -0.3 is 20.3 Å². The summed E-state index contributed by atoms with van der Waals surface area (Å²) in [5, 5.41) is 6.04. The van der Waals surface area contributed by atoms with Crippen molar-refractivity contribution >= 4 is 17.5 Å². The third-order valence-electron chi connectivity index (χ3n) is 5.15. The van der Waals surface area contributed by atoms with E-state index in [-0.39, 0.29) is 17.9 Å². The molecule has 0 spiro atoms.